The molecule has 0 spiro atoms. The number of H-pyrrole nitrogens is 1. The molecule has 5 rings (SSSR count). The molecule has 2 amide bonds. The maximum atomic E-state index is 13.2. The molecule has 8 heteroatoms. The van der Waals surface area contributed by atoms with Crippen molar-refractivity contribution in [2.45, 2.75) is 70.8 Å². The number of nitrogens with zero attached hydrogens (tertiary/aromatic N) is 4. The summed E-state index contributed by atoms with van der Waals surface area (Å²) in [6.07, 6.45) is 7.87. The van der Waals surface area contributed by atoms with Crippen LogP contribution in [0, 0.1) is 12.8 Å². The van der Waals surface area contributed by atoms with Gasteiger partial charge in [-0.1, -0.05) is 6.42 Å². The fourth-order valence-electron chi connectivity index (χ4n) is 5.25. The Labute approximate surface area is 181 Å². The summed E-state index contributed by atoms with van der Waals surface area (Å²) in [4.78, 5) is 47.0. The lowest BCUT2D eigenvalue weighted by molar-refractivity contribution is -0.139. The molecule has 3 fully saturated rings. The molecule has 0 aromatic carbocycles. The van der Waals surface area contributed by atoms with Gasteiger partial charge in [0.1, 0.15) is 0 Å². The minimum atomic E-state index is -0.141. The Kier molecular flexibility index (Phi) is 5.32. The van der Waals surface area contributed by atoms with E-state index in [0.717, 1.165) is 70.3 Å². The molecular formula is C23H31N5O3. The van der Waals surface area contributed by atoms with E-state index in [4.69, 9.17) is 0 Å². The molecule has 2 saturated heterocycles. The summed E-state index contributed by atoms with van der Waals surface area (Å²) in [6.45, 7) is 4.27. The van der Waals surface area contributed by atoms with Crippen molar-refractivity contribution in [2.75, 3.05) is 19.6 Å². The third-order valence-electron chi connectivity index (χ3n) is 7.33. The molecule has 2 aromatic heterocycles. The minimum absolute atomic E-state index is 0.0188. The zero-order valence-corrected chi connectivity index (χ0v) is 18.2. The monoisotopic (exact) mass is 425 g/mol. The lowest BCUT2D eigenvalue weighted by Gasteiger charge is -2.32. The number of aromatic amines is 1. The summed E-state index contributed by atoms with van der Waals surface area (Å²) in [5, 5.41) is 3.23. The van der Waals surface area contributed by atoms with Crippen LogP contribution < -0.4 is 5.56 Å². The fraction of sp³-hybridized carbons (Fsp3) is 0.652. The first-order valence-electron chi connectivity index (χ1n) is 11.7. The summed E-state index contributed by atoms with van der Waals surface area (Å²) in [5.41, 5.74) is 2.58. The molecule has 1 atom stereocenters. The number of aromatic nitrogens is 3. The number of rotatable bonds is 5. The highest BCUT2D eigenvalue weighted by atomic mass is 16.2. The van der Waals surface area contributed by atoms with Crippen molar-refractivity contribution in [3.63, 3.8) is 0 Å². The number of amides is 2. The van der Waals surface area contributed by atoms with Crippen LogP contribution in [0.1, 0.15) is 74.4 Å². The van der Waals surface area contributed by atoms with Gasteiger partial charge in [-0.25, -0.2) is 9.50 Å². The Balaban J connectivity index is 1.38. The Morgan fingerprint density at radius 2 is 1.87 bits per heavy atom. The third kappa shape index (κ3) is 3.66. The molecule has 1 aliphatic carbocycles. The standard InChI is InChI=1S/C23H31N5O3/c1-15-17(9-10-21(29)26-11-2-3-12-26)23(31)28-20(24-15)14-18(25-28)19-8-5-13-27(19)22(30)16-6-4-7-16/h14,16,19,25H,2-13H2,1H3/t19-/m0/s1. The largest absolute Gasteiger partial charge is 0.343 e. The second kappa shape index (κ2) is 8.13. The predicted octanol–water partition coefficient (Wildman–Crippen LogP) is 2.35. The smallest absolute Gasteiger partial charge is 0.276 e. The lowest BCUT2D eigenvalue weighted by Crippen LogP contribution is -2.38. The van der Waals surface area contributed by atoms with Crippen molar-refractivity contribution < 1.29 is 9.59 Å². The minimum Gasteiger partial charge on any atom is -0.343 e. The van der Waals surface area contributed by atoms with E-state index in [0.29, 0.717) is 29.7 Å². The normalized spacial score (nSPS) is 21.8. The second-order valence-electron chi connectivity index (χ2n) is 9.29. The Hall–Kier alpha value is -2.64. The SMILES string of the molecule is Cc1nc2cc([C@@H]3CCCN3C(=O)C3CCC3)[nH]n2c(=O)c1CCC(=O)N1CCCC1. The molecule has 8 nitrogen and oxygen atoms in total. The van der Waals surface area contributed by atoms with Crippen LogP contribution in [-0.2, 0) is 16.0 Å². The number of likely N-dealkylation sites (tertiary alicyclic amines) is 2. The van der Waals surface area contributed by atoms with Crippen molar-refractivity contribution in [3.8, 4) is 0 Å². The van der Waals surface area contributed by atoms with Crippen LogP contribution in [0.5, 0.6) is 0 Å². The zero-order valence-electron chi connectivity index (χ0n) is 18.2. The van der Waals surface area contributed by atoms with E-state index in [9.17, 15) is 14.4 Å². The van der Waals surface area contributed by atoms with Gasteiger partial charge in [-0.2, -0.15) is 0 Å². The predicted molar refractivity (Wildman–Crippen MR) is 116 cm³/mol. The molecule has 31 heavy (non-hydrogen) atoms. The van der Waals surface area contributed by atoms with E-state index in [1.807, 2.05) is 22.8 Å². The molecule has 0 bridgehead atoms. The van der Waals surface area contributed by atoms with Gasteiger partial charge in [0, 0.05) is 49.3 Å². The Morgan fingerprint density at radius 3 is 2.58 bits per heavy atom. The maximum absolute atomic E-state index is 13.2. The van der Waals surface area contributed by atoms with E-state index in [1.54, 1.807) is 0 Å². The van der Waals surface area contributed by atoms with Crippen LogP contribution in [0.2, 0.25) is 0 Å². The van der Waals surface area contributed by atoms with Crippen LogP contribution in [0.25, 0.3) is 5.65 Å². The summed E-state index contributed by atoms with van der Waals surface area (Å²) >= 11 is 0. The molecule has 3 aliphatic rings. The second-order valence-corrected chi connectivity index (χ2v) is 9.29. The van der Waals surface area contributed by atoms with Gasteiger partial charge in [0.25, 0.3) is 5.56 Å². The van der Waals surface area contributed by atoms with Gasteiger partial charge in [-0.3, -0.25) is 19.5 Å². The molecule has 4 heterocycles. The summed E-state index contributed by atoms with van der Waals surface area (Å²) in [7, 11) is 0. The Bertz CT molecular complexity index is 1060. The van der Waals surface area contributed by atoms with Crippen LogP contribution >= 0.6 is 0 Å². The molecule has 166 valence electrons. The zero-order chi connectivity index (χ0) is 21.5. The molecule has 1 N–H and O–H groups in total. The molecule has 0 unspecified atom stereocenters. The topological polar surface area (TPSA) is 90.8 Å². The number of fused-ring (bicyclic) bond motifs is 1. The highest BCUT2D eigenvalue weighted by molar-refractivity contribution is 5.80. The highest BCUT2D eigenvalue weighted by Gasteiger charge is 2.37. The molecule has 2 aliphatic heterocycles. The van der Waals surface area contributed by atoms with Gasteiger partial charge in [0.05, 0.1) is 11.7 Å². The number of carbonyl (C=O) groups is 2. The van der Waals surface area contributed by atoms with Crippen molar-refractivity contribution >= 4 is 17.5 Å². The number of carbonyl (C=O) groups excluding carboxylic acids is 2. The fourth-order valence-corrected chi connectivity index (χ4v) is 5.25. The third-order valence-corrected chi connectivity index (χ3v) is 7.33. The van der Waals surface area contributed by atoms with Gasteiger partial charge >= 0.3 is 0 Å². The van der Waals surface area contributed by atoms with Gasteiger partial charge in [-0.15, -0.1) is 0 Å². The van der Waals surface area contributed by atoms with Crippen LogP contribution in [0.4, 0.5) is 0 Å². The lowest BCUT2D eigenvalue weighted by atomic mass is 9.84. The number of nitrogens with one attached hydrogen (secondary N) is 1. The van der Waals surface area contributed by atoms with Gasteiger partial charge in [-0.05, 0) is 51.9 Å². The van der Waals surface area contributed by atoms with Crippen molar-refractivity contribution in [1.82, 2.24) is 24.4 Å². The molecule has 2 aromatic rings. The molecule has 0 radical (unpaired) electrons. The van der Waals surface area contributed by atoms with E-state index < -0.39 is 0 Å². The van der Waals surface area contributed by atoms with Gasteiger partial charge in [0.2, 0.25) is 11.8 Å². The van der Waals surface area contributed by atoms with Crippen LogP contribution in [0.15, 0.2) is 10.9 Å². The van der Waals surface area contributed by atoms with Crippen LogP contribution in [0.3, 0.4) is 0 Å². The summed E-state index contributed by atoms with van der Waals surface area (Å²) in [6, 6.07) is 1.89. The first-order valence-corrected chi connectivity index (χ1v) is 11.7. The number of aryl methyl sites for hydroxylation is 1. The van der Waals surface area contributed by atoms with Gasteiger partial charge < -0.3 is 9.80 Å². The first kappa shape index (κ1) is 20.3. The maximum Gasteiger partial charge on any atom is 0.276 e. The first-order chi connectivity index (χ1) is 15.0. The average molecular weight is 426 g/mol. The summed E-state index contributed by atoms with van der Waals surface area (Å²) < 4.78 is 1.49. The van der Waals surface area contributed by atoms with Crippen LogP contribution in [-0.4, -0.2) is 55.8 Å². The number of hydrogen-bond acceptors (Lipinski definition) is 4. The average Bonchev–Trinajstić information content (AvgIpc) is 3.45. The Morgan fingerprint density at radius 1 is 1.10 bits per heavy atom. The van der Waals surface area contributed by atoms with Crippen molar-refractivity contribution in [3.05, 3.63) is 33.4 Å². The van der Waals surface area contributed by atoms with Gasteiger partial charge in [0.15, 0.2) is 5.65 Å². The number of hydrogen-bond donors (Lipinski definition) is 1. The quantitative estimate of drug-likeness (QED) is 0.796. The molecule has 1 saturated carbocycles. The molecular weight excluding hydrogens is 394 g/mol. The van der Waals surface area contributed by atoms with E-state index in [-0.39, 0.29) is 29.3 Å². The summed E-state index contributed by atoms with van der Waals surface area (Å²) in [5.74, 6) is 0.544. The van der Waals surface area contributed by atoms with Crippen molar-refractivity contribution in [2.24, 2.45) is 5.92 Å². The van der Waals surface area contributed by atoms with E-state index in [2.05, 4.69) is 10.1 Å². The van der Waals surface area contributed by atoms with E-state index in [1.165, 1.54) is 4.52 Å². The highest BCUT2D eigenvalue weighted by Crippen LogP contribution is 2.36. The van der Waals surface area contributed by atoms with Crippen molar-refractivity contribution in [1.29, 1.82) is 0 Å². The van der Waals surface area contributed by atoms with E-state index >= 15 is 0 Å².